The lowest BCUT2D eigenvalue weighted by atomic mass is 10.1. The predicted octanol–water partition coefficient (Wildman–Crippen LogP) is 6.12. The van der Waals surface area contributed by atoms with Gasteiger partial charge in [-0.1, -0.05) is 42.1 Å². The van der Waals surface area contributed by atoms with Crippen molar-refractivity contribution in [1.82, 2.24) is 14.5 Å². The van der Waals surface area contributed by atoms with E-state index >= 15 is 0 Å². The summed E-state index contributed by atoms with van der Waals surface area (Å²) in [4.78, 5) is 16.3. The summed E-state index contributed by atoms with van der Waals surface area (Å²) in [7, 11) is 1.96. The van der Waals surface area contributed by atoms with Crippen LogP contribution in [0.4, 0.5) is 11.5 Å². The van der Waals surface area contributed by atoms with Gasteiger partial charge in [0.25, 0.3) is 0 Å². The molecule has 188 valence electrons. The van der Waals surface area contributed by atoms with Crippen LogP contribution in [0.5, 0.6) is 11.5 Å². The zero-order chi connectivity index (χ0) is 25.9. The zero-order valence-electron chi connectivity index (χ0n) is 20.7. The lowest BCUT2D eigenvalue weighted by molar-refractivity contribution is 0.301. The number of anilines is 1. The SMILES string of the molecule is Cn1cnc(=Nc2cc(OCc3ccc4ccccc4n3)ccc2Sc2ccc(O)cc2)c2c1NC=CC2. The van der Waals surface area contributed by atoms with Gasteiger partial charge in [-0.05, 0) is 61.2 Å². The van der Waals surface area contributed by atoms with Crippen molar-refractivity contribution in [2.45, 2.75) is 22.8 Å². The molecule has 0 radical (unpaired) electrons. The molecule has 3 aromatic carbocycles. The number of benzene rings is 3. The molecule has 0 amide bonds. The second-order valence-corrected chi connectivity index (χ2v) is 9.99. The van der Waals surface area contributed by atoms with E-state index in [9.17, 15) is 5.11 Å². The van der Waals surface area contributed by atoms with E-state index in [1.807, 2.05) is 78.5 Å². The van der Waals surface area contributed by atoms with E-state index in [0.29, 0.717) is 17.8 Å². The van der Waals surface area contributed by atoms with Crippen LogP contribution in [0.15, 0.2) is 112 Å². The number of pyridine rings is 1. The van der Waals surface area contributed by atoms with E-state index in [0.717, 1.165) is 49.9 Å². The quantitative estimate of drug-likeness (QED) is 0.281. The van der Waals surface area contributed by atoms with Crippen molar-refractivity contribution < 1.29 is 9.84 Å². The molecule has 0 saturated heterocycles. The molecule has 0 aliphatic carbocycles. The highest BCUT2D eigenvalue weighted by molar-refractivity contribution is 7.99. The Morgan fingerprint density at radius 2 is 1.92 bits per heavy atom. The van der Waals surface area contributed by atoms with Crippen LogP contribution in [0.25, 0.3) is 10.9 Å². The number of hydrogen-bond acceptors (Lipinski definition) is 7. The van der Waals surface area contributed by atoms with Crippen molar-refractivity contribution >= 4 is 34.2 Å². The molecule has 0 spiro atoms. The summed E-state index contributed by atoms with van der Waals surface area (Å²) >= 11 is 1.57. The maximum atomic E-state index is 9.68. The molecule has 0 fully saturated rings. The maximum Gasteiger partial charge on any atom is 0.161 e. The number of nitrogens with zero attached hydrogens (tertiary/aromatic N) is 4. The summed E-state index contributed by atoms with van der Waals surface area (Å²) in [6, 6.07) is 25.1. The molecule has 1 aliphatic rings. The summed E-state index contributed by atoms with van der Waals surface area (Å²) < 4.78 is 8.12. The van der Waals surface area contributed by atoms with Crippen LogP contribution in [0.1, 0.15) is 11.3 Å². The molecule has 0 bridgehead atoms. The van der Waals surface area contributed by atoms with Gasteiger partial charge in [0.05, 0.1) is 23.2 Å². The van der Waals surface area contributed by atoms with Crippen LogP contribution in [-0.2, 0) is 20.1 Å². The van der Waals surface area contributed by atoms with E-state index in [4.69, 9.17) is 14.7 Å². The molecule has 8 heteroatoms. The predicted molar refractivity (Wildman–Crippen MR) is 150 cm³/mol. The number of hydrogen-bond donors (Lipinski definition) is 2. The Kier molecular flexibility index (Phi) is 6.54. The Morgan fingerprint density at radius 1 is 1.05 bits per heavy atom. The lowest BCUT2D eigenvalue weighted by Gasteiger charge is -2.16. The third kappa shape index (κ3) is 5.12. The summed E-state index contributed by atoms with van der Waals surface area (Å²) in [5, 5.41) is 14.1. The first-order valence-electron chi connectivity index (χ1n) is 12.2. The Morgan fingerprint density at radius 3 is 2.82 bits per heavy atom. The highest BCUT2D eigenvalue weighted by atomic mass is 32.2. The fourth-order valence-electron chi connectivity index (χ4n) is 4.25. The zero-order valence-corrected chi connectivity index (χ0v) is 21.5. The van der Waals surface area contributed by atoms with Crippen LogP contribution < -0.4 is 15.5 Å². The molecule has 0 atom stereocenters. The van der Waals surface area contributed by atoms with Crippen LogP contribution in [0, 0.1) is 0 Å². The van der Waals surface area contributed by atoms with Crippen molar-refractivity contribution in [2.75, 3.05) is 5.32 Å². The van der Waals surface area contributed by atoms with Crippen molar-refractivity contribution in [2.24, 2.45) is 12.0 Å². The Labute approximate surface area is 224 Å². The average molecular weight is 520 g/mol. The fraction of sp³-hybridized carbons (Fsp3) is 0.100. The van der Waals surface area contributed by atoms with E-state index in [1.165, 1.54) is 0 Å². The average Bonchev–Trinajstić information content (AvgIpc) is 2.96. The third-order valence-electron chi connectivity index (χ3n) is 6.19. The van der Waals surface area contributed by atoms with Gasteiger partial charge < -0.3 is 19.7 Å². The van der Waals surface area contributed by atoms with Crippen molar-refractivity contribution in [1.29, 1.82) is 0 Å². The van der Waals surface area contributed by atoms with E-state index in [1.54, 1.807) is 30.2 Å². The first-order valence-corrected chi connectivity index (χ1v) is 13.0. The van der Waals surface area contributed by atoms with Crippen LogP contribution in [-0.4, -0.2) is 19.6 Å². The van der Waals surface area contributed by atoms with Crippen molar-refractivity contribution in [3.05, 3.63) is 114 Å². The Balaban J connectivity index is 1.35. The summed E-state index contributed by atoms with van der Waals surface area (Å²) in [5.41, 5.74) is 4.25. The molecule has 1 aliphatic heterocycles. The van der Waals surface area contributed by atoms with Gasteiger partial charge in [0, 0.05) is 33.9 Å². The highest BCUT2D eigenvalue weighted by Crippen LogP contribution is 2.38. The molecule has 2 N–H and O–H groups in total. The summed E-state index contributed by atoms with van der Waals surface area (Å²) in [6.45, 7) is 0.345. The fourth-order valence-corrected chi connectivity index (χ4v) is 5.12. The number of aromatic nitrogens is 3. The minimum Gasteiger partial charge on any atom is -0.508 e. The Hall–Kier alpha value is -4.56. The normalized spacial score (nSPS) is 12.8. The molecule has 2 aromatic heterocycles. The first kappa shape index (κ1) is 23.8. The number of fused-ring (bicyclic) bond motifs is 2. The van der Waals surface area contributed by atoms with Crippen LogP contribution in [0.3, 0.4) is 0 Å². The molecular weight excluding hydrogens is 494 g/mol. The van der Waals surface area contributed by atoms with Gasteiger partial charge in [-0.15, -0.1) is 0 Å². The number of phenolic OH excluding ortho intramolecular Hbond substituents is 1. The minimum absolute atomic E-state index is 0.235. The third-order valence-corrected chi connectivity index (χ3v) is 7.26. The lowest BCUT2D eigenvalue weighted by Crippen LogP contribution is -2.22. The number of ether oxygens (including phenoxy) is 1. The minimum atomic E-state index is 0.235. The highest BCUT2D eigenvalue weighted by Gasteiger charge is 2.13. The smallest absolute Gasteiger partial charge is 0.161 e. The number of para-hydroxylation sites is 1. The van der Waals surface area contributed by atoms with E-state index in [-0.39, 0.29) is 5.75 Å². The molecule has 6 rings (SSSR count). The van der Waals surface area contributed by atoms with Gasteiger partial charge in [0.15, 0.2) is 5.49 Å². The number of aromatic hydroxyl groups is 1. The number of nitrogens with one attached hydrogen (secondary N) is 1. The summed E-state index contributed by atoms with van der Waals surface area (Å²) in [6.07, 6.45) is 6.51. The number of rotatable bonds is 6. The largest absolute Gasteiger partial charge is 0.508 e. The molecule has 0 unspecified atom stereocenters. The van der Waals surface area contributed by atoms with Crippen molar-refractivity contribution in [3.8, 4) is 11.5 Å². The van der Waals surface area contributed by atoms with Gasteiger partial charge >= 0.3 is 0 Å². The van der Waals surface area contributed by atoms with Gasteiger partial charge in [0.2, 0.25) is 0 Å². The maximum absolute atomic E-state index is 9.68. The molecule has 7 nitrogen and oxygen atoms in total. The van der Waals surface area contributed by atoms with Gasteiger partial charge in [-0.25, -0.2) is 15.0 Å². The molecule has 5 aromatic rings. The second-order valence-electron chi connectivity index (χ2n) is 8.88. The summed E-state index contributed by atoms with van der Waals surface area (Å²) in [5.74, 6) is 1.91. The molecule has 38 heavy (non-hydrogen) atoms. The van der Waals surface area contributed by atoms with E-state index in [2.05, 4.69) is 22.4 Å². The Bertz CT molecular complexity index is 1730. The standard InChI is InChI=1S/C30H25N5O2S/c1-35-19-32-29(25-6-4-16-31-30(25)35)34-27-17-23(12-15-28(27)38-24-13-10-22(36)11-14-24)37-18-21-9-8-20-5-2-3-7-26(20)33-21/h2-5,7-17,19,31,36H,6,18H2,1H3. The van der Waals surface area contributed by atoms with Gasteiger partial charge in [0.1, 0.15) is 23.9 Å². The number of aryl methyl sites for hydroxylation is 1. The monoisotopic (exact) mass is 519 g/mol. The number of allylic oxidation sites excluding steroid dienone is 1. The first-order chi connectivity index (χ1) is 18.6. The van der Waals surface area contributed by atoms with Crippen LogP contribution in [0.2, 0.25) is 0 Å². The van der Waals surface area contributed by atoms with Gasteiger partial charge in [-0.3, -0.25) is 0 Å². The molecule has 3 heterocycles. The molecular formula is C30H25N5O2S. The molecule has 0 saturated carbocycles. The van der Waals surface area contributed by atoms with Crippen LogP contribution >= 0.6 is 11.8 Å². The number of phenols is 1. The van der Waals surface area contributed by atoms with Crippen molar-refractivity contribution in [3.63, 3.8) is 0 Å². The second kappa shape index (κ2) is 10.4. The topological polar surface area (TPSA) is 84.6 Å². The van der Waals surface area contributed by atoms with Gasteiger partial charge in [-0.2, -0.15) is 0 Å². The van der Waals surface area contributed by atoms with E-state index < -0.39 is 0 Å².